The first-order chi connectivity index (χ1) is 13.5. The van der Waals surface area contributed by atoms with E-state index in [9.17, 15) is 4.79 Å². The largest absolute Gasteiger partial charge is 0.497 e. The second-order valence-corrected chi connectivity index (χ2v) is 7.32. The van der Waals surface area contributed by atoms with E-state index < -0.39 is 6.04 Å². The number of hydrogen-bond donors (Lipinski definition) is 2. The average Bonchev–Trinajstić information content (AvgIpc) is 3.12. The lowest BCUT2D eigenvalue weighted by molar-refractivity contribution is 0.235. The maximum atomic E-state index is 12.8. The Morgan fingerprint density at radius 2 is 1.86 bits per heavy atom. The minimum atomic E-state index is -0.391. The number of carbonyl (C=O) groups excluding carboxylic acids is 1. The van der Waals surface area contributed by atoms with Gasteiger partial charge in [-0.1, -0.05) is 46.3 Å². The van der Waals surface area contributed by atoms with Crippen LogP contribution in [0.2, 0.25) is 0 Å². The van der Waals surface area contributed by atoms with Crippen molar-refractivity contribution in [2.24, 2.45) is 7.05 Å². The molecule has 0 aliphatic heterocycles. The number of benzene rings is 2. The molecule has 2 unspecified atom stereocenters. The highest BCUT2D eigenvalue weighted by Gasteiger charge is 2.22. The lowest BCUT2D eigenvalue weighted by Crippen LogP contribution is -2.40. The zero-order valence-corrected chi connectivity index (χ0v) is 17.6. The van der Waals surface area contributed by atoms with Gasteiger partial charge in [0.1, 0.15) is 17.6 Å². The molecule has 28 heavy (non-hydrogen) atoms. The van der Waals surface area contributed by atoms with Crippen LogP contribution < -0.4 is 15.4 Å². The van der Waals surface area contributed by atoms with Gasteiger partial charge in [0, 0.05) is 23.9 Å². The molecule has 3 rings (SSSR count). The van der Waals surface area contributed by atoms with Crippen molar-refractivity contribution in [3.63, 3.8) is 0 Å². The van der Waals surface area contributed by atoms with Gasteiger partial charge < -0.3 is 19.9 Å². The molecule has 2 aromatic carbocycles. The van der Waals surface area contributed by atoms with Crippen molar-refractivity contribution in [3.05, 3.63) is 82.3 Å². The number of imidazole rings is 1. The van der Waals surface area contributed by atoms with Crippen LogP contribution in [0.5, 0.6) is 5.75 Å². The van der Waals surface area contributed by atoms with Gasteiger partial charge in [0.15, 0.2) is 0 Å². The zero-order valence-electron chi connectivity index (χ0n) is 16.0. The smallest absolute Gasteiger partial charge is 0.316 e. The Kier molecular flexibility index (Phi) is 6.36. The van der Waals surface area contributed by atoms with Gasteiger partial charge in [-0.3, -0.25) is 0 Å². The van der Waals surface area contributed by atoms with Crippen LogP contribution in [-0.2, 0) is 7.05 Å². The molecule has 0 fully saturated rings. The summed E-state index contributed by atoms with van der Waals surface area (Å²) in [5.41, 5.74) is 1.93. The zero-order chi connectivity index (χ0) is 20.1. The summed E-state index contributed by atoms with van der Waals surface area (Å²) >= 11 is 3.53. The molecule has 2 atom stereocenters. The fraction of sp³-hybridized carbons (Fsp3) is 0.238. The highest BCUT2D eigenvalue weighted by Crippen LogP contribution is 2.25. The minimum absolute atomic E-state index is 0.159. The number of carbonyl (C=O) groups is 1. The molecule has 146 valence electrons. The first-order valence-corrected chi connectivity index (χ1v) is 9.71. The first kappa shape index (κ1) is 19.9. The quantitative estimate of drug-likeness (QED) is 0.596. The Balaban J connectivity index is 1.80. The van der Waals surface area contributed by atoms with E-state index in [-0.39, 0.29) is 12.1 Å². The number of amides is 2. The fourth-order valence-corrected chi connectivity index (χ4v) is 3.65. The van der Waals surface area contributed by atoms with Crippen molar-refractivity contribution in [2.75, 3.05) is 7.11 Å². The Labute approximate surface area is 173 Å². The molecule has 0 aliphatic rings. The number of hydrogen-bond acceptors (Lipinski definition) is 3. The van der Waals surface area contributed by atoms with Crippen molar-refractivity contribution in [2.45, 2.75) is 19.0 Å². The van der Waals surface area contributed by atoms with E-state index in [2.05, 4.69) is 31.5 Å². The normalized spacial score (nSPS) is 12.9. The Morgan fingerprint density at radius 1 is 1.14 bits per heavy atom. The molecule has 3 aromatic rings. The van der Waals surface area contributed by atoms with Crippen molar-refractivity contribution in [1.29, 1.82) is 0 Å². The molecule has 6 nitrogen and oxygen atoms in total. The summed E-state index contributed by atoms with van der Waals surface area (Å²) < 4.78 is 8.08. The molecule has 0 saturated heterocycles. The van der Waals surface area contributed by atoms with Gasteiger partial charge in [0.25, 0.3) is 0 Å². The Hall–Kier alpha value is -2.80. The van der Waals surface area contributed by atoms with Gasteiger partial charge in [-0.15, -0.1) is 0 Å². The number of aryl methyl sites for hydroxylation is 1. The minimum Gasteiger partial charge on any atom is -0.497 e. The van der Waals surface area contributed by atoms with Crippen molar-refractivity contribution >= 4 is 22.0 Å². The topological polar surface area (TPSA) is 68.2 Å². The van der Waals surface area contributed by atoms with Gasteiger partial charge in [0.2, 0.25) is 0 Å². The van der Waals surface area contributed by atoms with Gasteiger partial charge in [-0.25, -0.2) is 9.78 Å². The molecule has 7 heteroatoms. The fourth-order valence-electron chi connectivity index (χ4n) is 3.02. The third kappa shape index (κ3) is 4.54. The van der Waals surface area contributed by atoms with Crippen molar-refractivity contribution in [3.8, 4) is 5.75 Å². The molecule has 0 spiro atoms. The van der Waals surface area contributed by atoms with Crippen LogP contribution in [0.4, 0.5) is 4.79 Å². The monoisotopic (exact) mass is 442 g/mol. The third-order valence-electron chi connectivity index (χ3n) is 4.56. The summed E-state index contributed by atoms with van der Waals surface area (Å²) in [5, 5.41) is 6.04. The molecule has 1 aromatic heterocycles. The van der Waals surface area contributed by atoms with E-state index in [1.165, 1.54) is 0 Å². The van der Waals surface area contributed by atoms with Crippen LogP contribution in [0.3, 0.4) is 0 Å². The van der Waals surface area contributed by atoms with E-state index >= 15 is 0 Å². The lowest BCUT2D eigenvalue weighted by Gasteiger charge is -2.22. The molecule has 2 N–H and O–H groups in total. The van der Waals surface area contributed by atoms with Crippen LogP contribution in [0, 0.1) is 0 Å². The third-order valence-corrected chi connectivity index (χ3v) is 5.28. The molecule has 1 heterocycles. The molecule has 0 aliphatic carbocycles. The predicted molar refractivity (Wildman–Crippen MR) is 112 cm³/mol. The number of urea groups is 1. The predicted octanol–water partition coefficient (Wildman–Crippen LogP) is 4.34. The summed E-state index contributed by atoms with van der Waals surface area (Å²) in [7, 11) is 3.53. The number of aromatic nitrogens is 2. The number of methoxy groups -OCH3 is 1. The van der Waals surface area contributed by atoms with Gasteiger partial charge in [-0.05, 0) is 36.2 Å². The summed E-state index contributed by atoms with van der Waals surface area (Å²) in [6.07, 6.45) is 3.57. The van der Waals surface area contributed by atoms with E-state index in [0.29, 0.717) is 0 Å². The average molecular weight is 443 g/mol. The number of halogens is 1. The van der Waals surface area contributed by atoms with Crippen molar-refractivity contribution in [1.82, 2.24) is 20.2 Å². The molecular formula is C21H23BrN4O2. The van der Waals surface area contributed by atoms with Gasteiger partial charge in [-0.2, -0.15) is 0 Å². The second kappa shape index (κ2) is 8.93. The highest BCUT2D eigenvalue weighted by atomic mass is 79.9. The van der Waals surface area contributed by atoms with E-state index in [4.69, 9.17) is 4.74 Å². The maximum Gasteiger partial charge on any atom is 0.316 e. The Bertz CT molecular complexity index is 940. The van der Waals surface area contributed by atoms with Gasteiger partial charge in [0.05, 0.1) is 13.2 Å². The highest BCUT2D eigenvalue weighted by molar-refractivity contribution is 9.10. The summed E-state index contributed by atoms with van der Waals surface area (Å²) in [6, 6.07) is 14.6. The van der Waals surface area contributed by atoms with Crippen LogP contribution in [0.25, 0.3) is 0 Å². The summed E-state index contributed by atoms with van der Waals surface area (Å²) in [5.74, 6) is 1.50. The second-order valence-electron chi connectivity index (χ2n) is 6.46. The van der Waals surface area contributed by atoms with Crippen LogP contribution >= 0.6 is 15.9 Å². The lowest BCUT2D eigenvalue weighted by atomic mass is 10.1. The first-order valence-electron chi connectivity index (χ1n) is 8.92. The Morgan fingerprint density at radius 3 is 2.46 bits per heavy atom. The molecule has 2 amide bonds. The van der Waals surface area contributed by atoms with E-state index in [1.807, 2.05) is 73.3 Å². The van der Waals surface area contributed by atoms with Crippen LogP contribution in [0.15, 0.2) is 65.4 Å². The molecular weight excluding hydrogens is 420 g/mol. The summed E-state index contributed by atoms with van der Waals surface area (Å²) in [6.45, 7) is 1.95. The molecule has 0 saturated carbocycles. The van der Waals surface area contributed by atoms with E-state index in [0.717, 1.165) is 27.2 Å². The SMILES string of the molecule is COc1ccc(C(NC(=O)NC(C)c2ccccc2Br)c2nccn2C)cc1. The summed E-state index contributed by atoms with van der Waals surface area (Å²) in [4.78, 5) is 17.2. The molecule has 0 bridgehead atoms. The van der Waals surface area contributed by atoms with Crippen LogP contribution in [-0.4, -0.2) is 22.7 Å². The molecule has 0 radical (unpaired) electrons. The number of nitrogens with zero attached hydrogens (tertiary/aromatic N) is 2. The van der Waals surface area contributed by atoms with Gasteiger partial charge >= 0.3 is 6.03 Å². The number of nitrogens with one attached hydrogen (secondary N) is 2. The number of ether oxygens (including phenoxy) is 1. The van der Waals surface area contributed by atoms with Crippen LogP contribution in [0.1, 0.15) is 36.0 Å². The van der Waals surface area contributed by atoms with E-state index in [1.54, 1.807) is 13.3 Å². The number of rotatable bonds is 6. The standard InChI is InChI=1S/C21H23BrN4O2/c1-14(17-6-4-5-7-18(17)22)24-21(27)25-19(20-23-12-13-26(20)2)15-8-10-16(28-3)11-9-15/h4-14,19H,1-3H3,(H2,24,25,27). The van der Waals surface area contributed by atoms with Crippen molar-refractivity contribution < 1.29 is 9.53 Å². The maximum absolute atomic E-state index is 12.8.